The standard InChI is InChI=1S/C23H18BrN3O/c1-15-21(23(28)27-26-18-10-6-3-7-11-18)19-13-12-17(24)14-20(19)25-22(15)16-8-4-2-5-9-16/h2-14,26H,1H3,(H,27,28). The summed E-state index contributed by atoms with van der Waals surface area (Å²) in [5.41, 5.74) is 10.6. The van der Waals surface area contributed by atoms with Crippen LogP contribution >= 0.6 is 15.9 Å². The summed E-state index contributed by atoms with van der Waals surface area (Å²) < 4.78 is 0.920. The van der Waals surface area contributed by atoms with Gasteiger partial charge in [0.2, 0.25) is 0 Å². The average Bonchev–Trinajstić information content (AvgIpc) is 2.73. The van der Waals surface area contributed by atoms with Crippen molar-refractivity contribution in [2.45, 2.75) is 6.92 Å². The number of amides is 1. The van der Waals surface area contributed by atoms with Crippen LogP contribution in [0.3, 0.4) is 0 Å². The molecular formula is C23H18BrN3O. The predicted molar refractivity (Wildman–Crippen MR) is 117 cm³/mol. The minimum absolute atomic E-state index is 0.201. The van der Waals surface area contributed by atoms with E-state index >= 15 is 0 Å². The Kier molecular flexibility index (Phi) is 5.08. The van der Waals surface area contributed by atoms with E-state index in [1.165, 1.54) is 0 Å². The van der Waals surface area contributed by atoms with Gasteiger partial charge in [-0.05, 0) is 36.8 Å². The SMILES string of the molecule is Cc1c(-c2ccccc2)nc2cc(Br)ccc2c1C(=O)NNc1ccccc1. The Morgan fingerprint density at radius 2 is 1.61 bits per heavy atom. The lowest BCUT2D eigenvalue weighted by atomic mass is 9.97. The van der Waals surface area contributed by atoms with Crippen molar-refractivity contribution >= 4 is 38.4 Å². The van der Waals surface area contributed by atoms with Gasteiger partial charge < -0.3 is 0 Å². The molecule has 1 heterocycles. The fourth-order valence-electron chi connectivity index (χ4n) is 3.22. The number of nitrogens with zero attached hydrogens (tertiary/aromatic N) is 1. The van der Waals surface area contributed by atoms with Gasteiger partial charge in [-0.1, -0.05) is 70.5 Å². The smallest absolute Gasteiger partial charge is 0.270 e. The number of hydrogen-bond acceptors (Lipinski definition) is 3. The molecule has 0 atom stereocenters. The van der Waals surface area contributed by atoms with Crippen molar-refractivity contribution < 1.29 is 4.79 Å². The summed E-state index contributed by atoms with van der Waals surface area (Å²) in [6.45, 7) is 1.94. The van der Waals surface area contributed by atoms with Crippen molar-refractivity contribution in [3.63, 3.8) is 0 Å². The molecule has 0 aliphatic carbocycles. The van der Waals surface area contributed by atoms with Crippen LogP contribution < -0.4 is 10.9 Å². The molecular weight excluding hydrogens is 414 g/mol. The number of para-hydroxylation sites is 1. The van der Waals surface area contributed by atoms with Gasteiger partial charge in [-0.15, -0.1) is 0 Å². The van der Waals surface area contributed by atoms with Crippen LogP contribution in [-0.2, 0) is 0 Å². The molecule has 1 amide bonds. The zero-order valence-electron chi connectivity index (χ0n) is 15.2. The summed E-state index contributed by atoms with van der Waals surface area (Å²) in [4.78, 5) is 17.9. The molecule has 0 aliphatic rings. The van der Waals surface area contributed by atoms with E-state index in [0.29, 0.717) is 5.56 Å². The molecule has 2 N–H and O–H groups in total. The molecule has 0 fully saturated rings. The monoisotopic (exact) mass is 431 g/mol. The lowest BCUT2D eigenvalue weighted by molar-refractivity contribution is 0.0963. The van der Waals surface area contributed by atoms with Crippen molar-refractivity contribution in [3.8, 4) is 11.3 Å². The zero-order valence-corrected chi connectivity index (χ0v) is 16.8. The van der Waals surface area contributed by atoms with E-state index in [4.69, 9.17) is 4.98 Å². The van der Waals surface area contributed by atoms with E-state index in [-0.39, 0.29) is 5.91 Å². The number of nitrogens with one attached hydrogen (secondary N) is 2. The van der Waals surface area contributed by atoms with Crippen LogP contribution in [0.25, 0.3) is 22.2 Å². The molecule has 4 nitrogen and oxygen atoms in total. The molecule has 0 aliphatic heterocycles. The molecule has 1 aromatic heterocycles. The number of pyridine rings is 1. The van der Waals surface area contributed by atoms with Crippen LogP contribution in [0.1, 0.15) is 15.9 Å². The molecule has 0 unspecified atom stereocenters. The Morgan fingerprint density at radius 1 is 0.929 bits per heavy atom. The van der Waals surface area contributed by atoms with Gasteiger partial charge in [-0.3, -0.25) is 15.6 Å². The largest absolute Gasteiger partial charge is 0.298 e. The van der Waals surface area contributed by atoms with Gasteiger partial charge in [0.15, 0.2) is 0 Å². The first-order valence-corrected chi connectivity index (χ1v) is 9.69. The Balaban J connectivity index is 1.81. The third-order valence-corrected chi connectivity index (χ3v) is 5.05. The van der Waals surface area contributed by atoms with E-state index in [9.17, 15) is 4.79 Å². The lowest BCUT2D eigenvalue weighted by Crippen LogP contribution is -2.30. The summed E-state index contributed by atoms with van der Waals surface area (Å²) in [6.07, 6.45) is 0. The molecule has 0 spiro atoms. The molecule has 4 rings (SSSR count). The number of fused-ring (bicyclic) bond motifs is 1. The Hall–Kier alpha value is -3.18. The number of rotatable bonds is 4. The second-order valence-electron chi connectivity index (χ2n) is 6.43. The van der Waals surface area contributed by atoms with Crippen LogP contribution in [0, 0.1) is 6.92 Å². The number of carbonyl (C=O) groups is 1. The summed E-state index contributed by atoms with van der Waals surface area (Å²) in [5.74, 6) is -0.201. The average molecular weight is 432 g/mol. The fraction of sp³-hybridized carbons (Fsp3) is 0.0435. The van der Waals surface area contributed by atoms with Crippen molar-refractivity contribution in [2.75, 3.05) is 5.43 Å². The minimum Gasteiger partial charge on any atom is -0.298 e. The molecule has 4 aromatic rings. The molecule has 138 valence electrons. The second kappa shape index (κ2) is 7.82. The number of halogens is 1. The van der Waals surface area contributed by atoms with Crippen molar-refractivity contribution in [2.24, 2.45) is 0 Å². The first kappa shape index (κ1) is 18.2. The summed E-state index contributed by atoms with van der Waals surface area (Å²) in [5, 5.41) is 0.813. The minimum atomic E-state index is -0.201. The van der Waals surface area contributed by atoms with Gasteiger partial charge in [0.25, 0.3) is 5.91 Å². The molecule has 0 saturated heterocycles. The van der Waals surface area contributed by atoms with Crippen molar-refractivity contribution in [1.29, 1.82) is 0 Å². The molecule has 28 heavy (non-hydrogen) atoms. The normalized spacial score (nSPS) is 10.6. The zero-order chi connectivity index (χ0) is 19.5. The number of benzene rings is 3. The highest BCUT2D eigenvalue weighted by Crippen LogP contribution is 2.31. The van der Waals surface area contributed by atoms with Gasteiger partial charge in [0.1, 0.15) is 0 Å². The van der Waals surface area contributed by atoms with E-state index in [0.717, 1.165) is 37.9 Å². The first-order chi connectivity index (χ1) is 13.6. The van der Waals surface area contributed by atoms with E-state index < -0.39 is 0 Å². The number of aromatic nitrogens is 1. The third kappa shape index (κ3) is 3.62. The van der Waals surface area contributed by atoms with Crippen molar-refractivity contribution in [1.82, 2.24) is 10.4 Å². The van der Waals surface area contributed by atoms with Gasteiger partial charge >= 0.3 is 0 Å². The van der Waals surface area contributed by atoms with Gasteiger partial charge in [-0.2, -0.15) is 0 Å². The molecule has 3 aromatic carbocycles. The van der Waals surface area contributed by atoms with E-state index in [2.05, 4.69) is 26.8 Å². The maximum absolute atomic E-state index is 13.1. The maximum atomic E-state index is 13.1. The molecule has 0 bridgehead atoms. The highest BCUT2D eigenvalue weighted by molar-refractivity contribution is 9.10. The number of hydrazine groups is 1. The van der Waals surface area contributed by atoms with Crippen LogP contribution in [0.15, 0.2) is 83.3 Å². The van der Waals surface area contributed by atoms with Crippen LogP contribution in [0.4, 0.5) is 5.69 Å². The summed E-state index contributed by atoms with van der Waals surface area (Å²) >= 11 is 3.50. The maximum Gasteiger partial charge on any atom is 0.270 e. The third-order valence-electron chi connectivity index (χ3n) is 4.56. The van der Waals surface area contributed by atoms with Crippen LogP contribution in [-0.4, -0.2) is 10.9 Å². The van der Waals surface area contributed by atoms with Gasteiger partial charge in [-0.25, -0.2) is 4.98 Å². The van der Waals surface area contributed by atoms with Crippen LogP contribution in [0.5, 0.6) is 0 Å². The highest BCUT2D eigenvalue weighted by atomic mass is 79.9. The quantitative estimate of drug-likeness (QED) is 0.405. The molecule has 0 radical (unpaired) electrons. The van der Waals surface area contributed by atoms with E-state index in [1.807, 2.05) is 85.8 Å². The number of carbonyl (C=O) groups excluding carboxylic acids is 1. The summed E-state index contributed by atoms with van der Waals surface area (Å²) in [6, 6.07) is 25.2. The summed E-state index contributed by atoms with van der Waals surface area (Å²) in [7, 11) is 0. The number of anilines is 1. The lowest BCUT2D eigenvalue weighted by Gasteiger charge is -2.16. The number of hydrogen-bond donors (Lipinski definition) is 2. The first-order valence-electron chi connectivity index (χ1n) is 8.90. The second-order valence-corrected chi connectivity index (χ2v) is 7.35. The molecule has 5 heteroatoms. The Labute approximate surface area is 171 Å². The molecule has 0 saturated carbocycles. The van der Waals surface area contributed by atoms with E-state index in [1.54, 1.807) is 0 Å². The van der Waals surface area contributed by atoms with Crippen molar-refractivity contribution in [3.05, 3.63) is 94.5 Å². The Morgan fingerprint density at radius 3 is 2.32 bits per heavy atom. The predicted octanol–water partition coefficient (Wildman–Crippen LogP) is 5.73. The van der Waals surface area contributed by atoms with Gasteiger partial charge in [0, 0.05) is 15.4 Å². The highest BCUT2D eigenvalue weighted by Gasteiger charge is 2.19. The van der Waals surface area contributed by atoms with Crippen LogP contribution in [0.2, 0.25) is 0 Å². The Bertz CT molecular complexity index is 1140. The fourth-order valence-corrected chi connectivity index (χ4v) is 3.57. The topological polar surface area (TPSA) is 54.0 Å². The van der Waals surface area contributed by atoms with Gasteiger partial charge in [0.05, 0.1) is 22.5 Å².